The molecule has 3 aromatic rings. The molecule has 146 valence electrons. The predicted octanol–water partition coefficient (Wildman–Crippen LogP) is 3.18. The lowest BCUT2D eigenvalue weighted by molar-refractivity contribution is 0.0664. The second kappa shape index (κ2) is 7.64. The van der Waals surface area contributed by atoms with Crippen molar-refractivity contribution in [1.29, 1.82) is 0 Å². The van der Waals surface area contributed by atoms with Gasteiger partial charge in [0.2, 0.25) is 0 Å². The van der Waals surface area contributed by atoms with E-state index in [1.54, 1.807) is 12.3 Å². The molecule has 0 aliphatic carbocycles. The Bertz CT molecular complexity index is 1000. The van der Waals surface area contributed by atoms with E-state index < -0.39 is 0 Å². The van der Waals surface area contributed by atoms with E-state index in [0.29, 0.717) is 12.1 Å². The molecule has 3 heterocycles. The molecule has 1 saturated heterocycles. The first-order valence-corrected chi connectivity index (χ1v) is 9.77. The Labute approximate surface area is 165 Å². The van der Waals surface area contributed by atoms with E-state index >= 15 is 0 Å². The van der Waals surface area contributed by atoms with Crippen LogP contribution < -0.4 is 5.32 Å². The number of aromatic nitrogens is 2. The maximum atomic E-state index is 12.8. The molecule has 0 unspecified atom stereocenters. The van der Waals surface area contributed by atoms with Crippen molar-refractivity contribution in [2.24, 2.45) is 0 Å². The molecule has 1 aliphatic rings. The third-order valence-corrected chi connectivity index (χ3v) is 5.64. The molecular formula is C22H27N5O. The fourth-order valence-electron chi connectivity index (χ4n) is 3.66. The molecule has 0 bridgehead atoms. The van der Waals surface area contributed by atoms with Crippen molar-refractivity contribution in [3.63, 3.8) is 0 Å². The molecule has 6 heteroatoms. The van der Waals surface area contributed by atoms with Gasteiger partial charge in [-0.2, -0.15) is 0 Å². The first-order chi connectivity index (χ1) is 13.5. The lowest BCUT2D eigenvalue weighted by Crippen LogP contribution is -2.47. The maximum Gasteiger partial charge on any atom is 0.254 e. The van der Waals surface area contributed by atoms with Gasteiger partial charge in [0, 0.05) is 61.1 Å². The largest absolute Gasteiger partial charge is 0.366 e. The molecule has 1 fully saturated rings. The van der Waals surface area contributed by atoms with Gasteiger partial charge in [-0.05, 0) is 56.3 Å². The fourth-order valence-corrected chi connectivity index (χ4v) is 3.66. The van der Waals surface area contributed by atoms with Gasteiger partial charge in [-0.25, -0.2) is 4.98 Å². The fraction of sp³-hybridized carbons (Fsp3) is 0.364. The van der Waals surface area contributed by atoms with Crippen LogP contribution in [0.3, 0.4) is 0 Å². The van der Waals surface area contributed by atoms with Gasteiger partial charge < -0.3 is 20.1 Å². The number of fused-ring (bicyclic) bond motifs is 1. The number of rotatable bonds is 4. The van der Waals surface area contributed by atoms with E-state index in [2.05, 4.69) is 59.3 Å². The second-order valence-corrected chi connectivity index (χ2v) is 7.63. The van der Waals surface area contributed by atoms with Gasteiger partial charge in [0.1, 0.15) is 5.82 Å². The Balaban J connectivity index is 1.45. The lowest BCUT2D eigenvalue weighted by atomic mass is 10.1. The lowest BCUT2D eigenvalue weighted by Gasteiger charge is -2.32. The zero-order chi connectivity index (χ0) is 19.7. The van der Waals surface area contributed by atoms with E-state index in [0.717, 1.165) is 37.5 Å². The van der Waals surface area contributed by atoms with Crippen LogP contribution in [0.2, 0.25) is 0 Å². The highest BCUT2D eigenvalue weighted by atomic mass is 16.2. The van der Waals surface area contributed by atoms with Crippen LogP contribution in [-0.4, -0.2) is 58.9 Å². The molecule has 2 N–H and O–H groups in total. The molecule has 0 saturated carbocycles. The minimum atomic E-state index is 0.0818. The van der Waals surface area contributed by atoms with Crippen LogP contribution in [0.1, 0.15) is 27.2 Å². The number of aryl methyl sites for hydroxylation is 2. The smallest absolute Gasteiger partial charge is 0.254 e. The Morgan fingerprint density at radius 3 is 2.71 bits per heavy atom. The SMILES string of the molecule is Cc1[nH]c2ccc(CNc3cc(C(=O)N4CCN(C)CC4)ccn3)cc2c1C. The maximum absolute atomic E-state index is 12.8. The summed E-state index contributed by atoms with van der Waals surface area (Å²) in [6, 6.07) is 10.1. The molecular weight excluding hydrogens is 350 g/mol. The van der Waals surface area contributed by atoms with Gasteiger partial charge in [-0.1, -0.05) is 6.07 Å². The highest BCUT2D eigenvalue weighted by Crippen LogP contribution is 2.23. The van der Waals surface area contributed by atoms with E-state index in [1.165, 1.54) is 22.2 Å². The summed E-state index contributed by atoms with van der Waals surface area (Å²) < 4.78 is 0. The zero-order valence-corrected chi connectivity index (χ0v) is 16.7. The van der Waals surface area contributed by atoms with E-state index in [4.69, 9.17) is 0 Å². The highest BCUT2D eigenvalue weighted by Gasteiger charge is 2.20. The highest BCUT2D eigenvalue weighted by molar-refractivity contribution is 5.95. The minimum Gasteiger partial charge on any atom is -0.366 e. The van der Waals surface area contributed by atoms with Crippen LogP contribution in [0.25, 0.3) is 10.9 Å². The summed E-state index contributed by atoms with van der Waals surface area (Å²) in [5.41, 5.74) is 5.53. The van der Waals surface area contributed by atoms with E-state index in [9.17, 15) is 4.79 Å². The molecule has 0 atom stereocenters. The number of anilines is 1. The van der Waals surface area contributed by atoms with Crippen LogP contribution in [0.4, 0.5) is 5.82 Å². The van der Waals surface area contributed by atoms with Crippen molar-refractivity contribution in [3.8, 4) is 0 Å². The number of hydrogen-bond donors (Lipinski definition) is 2. The summed E-state index contributed by atoms with van der Waals surface area (Å²) in [6.45, 7) is 8.29. The Kier molecular flexibility index (Phi) is 5.05. The predicted molar refractivity (Wildman–Crippen MR) is 113 cm³/mol. The van der Waals surface area contributed by atoms with Gasteiger partial charge in [0.05, 0.1) is 0 Å². The summed E-state index contributed by atoms with van der Waals surface area (Å²) >= 11 is 0. The van der Waals surface area contributed by atoms with Crippen LogP contribution in [0, 0.1) is 13.8 Å². The average Bonchev–Trinajstić information content (AvgIpc) is 3.00. The summed E-state index contributed by atoms with van der Waals surface area (Å²) in [6.07, 6.45) is 1.70. The van der Waals surface area contributed by atoms with Gasteiger partial charge >= 0.3 is 0 Å². The topological polar surface area (TPSA) is 64.3 Å². The van der Waals surface area contributed by atoms with Gasteiger partial charge in [-0.3, -0.25) is 4.79 Å². The number of piperazine rings is 1. The number of H-pyrrole nitrogens is 1. The van der Waals surface area contributed by atoms with Crippen LogP contribution in [0.15, 0.2) is 36.5 Å². The molecule has 6 nitrogen and oxygen atoms in total. The van der Waals surface area contributed by atoms with Crippen molar-refractivity contribution >= 4 is 22.6 Å². The summed E-state index contributed by atoms with van der Waals surface area (Å²) in [7, 11) is 2.09. The van der Waals surface area contributed by atoms with Gasteiger partial charge in [0.15, 0.2) is 0 Å². The van der Waals surface area contributed by atoms with Crippen LogP contribution >= 0.6 is 0 Å². The molecule has 0 radical (unpaired) electrons. The van der Waals surface area contributed by atoms with Crippen molar-refractivity contribution in [3.05, 3.63) is 58.9 Å². The number of hydrogen-bond acceptors (Lipinski definition) is 4. The average molecular weight is 377 g/mol. The normalized spacial score (nSPS) is 15.2. The molecule has 2 aromatic heterocycles. The Hall–Kier alpha value is -2.86. The van der Waals surface area contributed by atoms with E-state index in [1.807, 2.05) is 11.0 Å². The standard InChI is InChI=1S/C22H27N5O/c1-15-16(2)25-20-5-4-17(12-19(15)20)14-24-21-13-18(6-7-23-21)22(28)27-10-8-26(3)9-11-27/h4-7,12-13,25H,8-11,14H2,1-3H3,(H,23,24). The third kappa shape index (κ3) is 3.73. The second-order valence-electron chi connectivity index (χ2n) is 7.63. The molecule has 28 heavy (non-hydrogen) atoms. The zero-order valence-electron chi connectivity index (χ0n) is 16.7. The third-order valence-electron chi connectivity index (χ3n) is 5.64. The number of nitrogens with zero attached hydrogens (tertiary/aromatic N) is 3. The summed E-state index contributed by atoms with van der Waals surface area (Å²) in [5, 5.41) is 4.61. The number of carbonyl (C=O) groups excluding carboxylic acids is 1. The monoisotopic (exact) mass is 377 g/mol. The quantitative estimate of drug-likeness (QED) is 0.733. The molecule has 1 amide bonds. The summed E-state index contributed by atoms with van der Waals surface area (Å²) in [4.78, 5) is 24.7. The number of amides is 1. The number of benzene rings is 1. The van der Waals surface area contributed by atoms with Crippen molar-refractivity contribution in [1.82, 2.24) is 19.8 Å². The Morgan fingerprint density at radius 2 is 1.93 bits per heavy atom. The van der Waals surface area contributed by atoms with Gasteiger partial charge in [0.25, 0.3) is 5.91 Å². The first kappa shape index (κ1) is 18.5. The molecule has 1 aromatic carbocycles. The molecule has 0 spiro atoms. The van der Waals surface area contributed by atoms with Crippen LogP contribution in [0.5, 0.6) is 0 Å². The number of carbonyl (C=O) groups is 1. The first-order valence-electron chi connectivity index (χ1n) is 9.77. The number of aromatic amines is 1. The van der Waals surface area contributed by atoms with Crippen molar-refractivity contribution < 1.29 is 4.79 Å². The number of pyridine rings is 1. The molecule has 4 rings (SSSR count). The Morgan fingerprint density at radius 1 is 1.14 bits per heavy atom. The van der Waals surface area contributed by atoms with Crippen molar-refractivity contribution in [2.45, 2.75) is 20.4 Å². The number of nitrogens with one attached hydrogen (secondary N) is 2. The summed E-state index contributed by atoms with van der Waals surface area (Å²) in [5.74, 6) is 0.806. The van der Waals surface area contributed by atoms with Gasteiger partial charge in [-0.15, -0.1) is 0 Å². The van der Waals surface area contributed by atoms with Crippen LogP contribution in [-0.2, 0) is 6.54 Å². The minimum absolute atomic E-state index is 0.0818. The van der Waals surface area contributed by atoms with Crippen molar-refractivity contribution in [2.75, 3.05) is 38.5 Å². The molecule has 1 aliphatic heterocycles. The van der Waals surface area contributed by atoms with E-state index in [-0.39, 0.29) is 5.91 Å². The number of likely N-dealkylation sites (N-methyl/N-ethyl adjacent to an activating group) is 1.